The molecule has 1 aromatic carbocycles. The average Bonchev–Trinajstić information content (AvgIpc) is 2.74. The lowest BCUT2D eigenvalue weighted by Crippen LogP contribution is -2.40. The molecule has 1 unspecified atom stereocenters. The molecule has 1 fully saturated rings. The smallest absolute Gasteiger partial charge is 0.310 e. The molecule has 3 heterocycles. The first-order valence-corrected chi connectivity index (χ1v) is 10.0. The third-order valence-electron chi connectivity index (χ3n) is 5.61. The number of piperidine rings is 1. The van der Waals surface area contributed by atoms with Crippen molar-refractivity contribution in [1.82, 2.24) is 9.97 Å². The summed E-state index contributed by atoms with van der Waals surface area (Å²) in [6, 6.07) is 8.50. The quantitative estimate of drug-likeness (QED) is 0.814. The Hall–Kier alpha value is -2.83. The standard InChI is InChI=1S/C21H27N5O2/c1-2-28-21(27)17-8-5-10-25(13-17)19-18(22)20(24-14-23-19)26-11-9-15-6-3-4-7-16(15)12-26/h3-4,6-7,14,17H,2,5,8-13,22H2,1H3. The molecule has 2 N–H and O–H groups in total. The van der Waals surface area contributed by atoms with E-state index in [0.717, 1.165) is 50.5 Å². The molecule has 148 valence electrons. The van der Waals surface area contributed by atoms with Crippen LogP contribution in [-0.4, -0.2) is 42.2 Å². The fourth-order valence-electron chi connectivity index (χ4n) is 4.18. The van der Waals surface area contributed by atoms with E-state index in [1.165, 1.54) is 11.1 Å². The molecule has 7 heteroatoms. The SMILES string of the molecule is CCOC(=O)C1CCCN(c2ncnc(N3CCc4ccccc4C3)c2N)C1. The van der Waals surface area contributed by atoms with Crippen molar-refractivity contribution in [3.8, 4) is 0 Å². The van der Waals surface area contributed by atoms with Gasteiger partial charge < -0.3 is 20.3 Å². The van der Waals surface area contributed by atoms with E-state index in [9.17, 15) is 4.79 Å². The fourth-order valence-corrected chi connectivity index (χ4v) is 4.18. The zero-order valence-corrected chi connectivity index (χ0v) is 16.3. The summed E-state index contributed by atoms with van der Waals surface area (Å²) in [5, 5.41) is 0. The van der Waals surface area contributed by atoms with Gasteiger partial charge in [-0.3, -0.25) is 4.79 Å². The van der Waals surface area contributed by atoms with Crippen LogP contribution in [0.5, 0.6) is 0 Å². The molecule has 28 heavy (non-hydrogen) atoms. The lowest BCUT2D eigenvalue weighted by atomic mass is 9.98. The molecule has 0 aliphatic carbocycles. The van der Waals surface area contributed by atoms with E-state index in [4.69, 9.17) is 10.5 Å². The van der Waals surface area contributed by atoms with Crippen LogP contribution in [0.1, 0.15) is 30.9 Å². The number of hydrogen-bond acceptors (Lipinski definition) is 7. The zero-order valence-electron chi connectivity index (χ0n) is 16.3. The van der Waals surface area contributed by atoms with Crippen molar-refractivity contribution >= 4 is 23.3 Å². The number of fused-ring (bicyclic) bond motifs is 1. The maximum atomic E-state index is 12.2. The summed E-state index contributed by atoms with van der Waals surface area (Å²) >= 11 is 0. The predicted octanol–water partition coefficient (Wildman–Crippen LogP) is 2.40. The number of benzene rings is 1. The van der Waals surface area contributed by atoms with Crippen molar-refractivity contribution in [3.63, 3.8) is 0 Å². The van der Waals surface area contributed by atoms with Crippen LogP contribution in [0, 0.1) is 5.92 Å². The summed E-state index contributed by atoms with van der Waals surface area (Å²) in [6.07, 6.45) is 4.31. The number of carbonyl (C=O) groups is 1. The topological polar surface area (TPSA) is 84.6 Å². The molecule has 2 aliphatic heterocycles. The maximum Gasteiger partial charge on any atom is 0.310 e. The first kappa shape index (κ1) is 18.5. The first-order chi connectivity index (χ1) is 13.7. The summed E-state index contributed by atoms with van der Waals surface area (Å²) in [7, 11) is 0. The number of nitrogen functional groups attached to an aromatic ring is 1. The second kappa shape index (κ2) is 8.04. The highest BCUT2D eigenvalue weighted by atomic mass is 16.5. The van der Waals surface area contributed by atoms with Crippen molar-refractivity contribution < 1.29 is 9.53 Å². The molecule has 0 bridgehead atoms. The van der Waals surface area contributed by atoms with E-state index in [-0.39, 0.29) is 11.9 Å². The normalized spacial score (nSPS) is 19.2. The summed E-state index contributed by atoms with van der Waals surface area (Å²) in [4.78, 5) is 25.4. The minimum atomic E-state index is -0.132. The van der Waals surface area contributed by atoms with Crippen molar-refractivity contribution in [2.45, 2.75) is 32.7 Å². The van der Waals surface area contributed by atoms with Crippen molar-refractivity contribution in [3.05, 3.63) is 41.7 Å². The Kier molecular flexibility index (Phi) is 5.32. The highest BCUT2D eigenvalue weighted by molar-refractivity contribution is 5.78. The van der Waals surface area contributed by atoms with E-state index < -0.39 is 0 Å². The number of esters is 1. The molecule has 1 saturated heterocycles. The molecule has 0 amide bonds. The summed E-state index contributed by atoms with van der Waals surface area (Å²) in [5.74, 6) is 1.23. The van der Waals surface area contributed by atoms with Gasteiger partial charge in [0.1, 0.15) is 12.0 Å². The lowest BCUT2D eigenvalue weighted by molar-refractivity contribution is -0.148. The molecular formula is C21H27N5O2. The van der Waals surface area contributed by atoms with Gasteiger partial charge in [-0.15, -0.1) is 0 Å². The third kappa shape index (κ3) is 3.61. The number of anilines is 3. The largest absolute Gasteiger partial charge is 0.466 e. The van der Waals surface area contributed by atoms with Gasteiger partial charge >= 0.3 is 5.97 Å². The number of carbonyl (C=O) groups excluding carboxylic acids is 1. The molecule has 4 rings (SSSR count). The van der Waals surface area contributed by atoms with Gasteiger partial charge in [0.2, 0.25) is 0 Å². The highest BCUT2D eigenvalue weighted by Crippen LogP contribution is 2.34. The van der Waals surface area contributed by atoms with Crippen LogP contribution in [0.25, 0.3) is 0 Å². The van der Waals surface area contributed by atoms with Gasteiger partial charge in [-0.25, -0.2) is 9.97 Å². The molecule has 1 aromatic heterocycles. The van der Waals surface area contributed by atoms with Crippen LogP contribution >= 0.6 is 0 Å². The Labute approximate surface area is 165 Å². The van der Waals surface area contributed by atoms with Crippen molar-refractivity contribution in [2.24, 2.45) is 5.92 Å². The van der Waals surface area contributed by atoms with Crippen LogP contribution in [0.3, 0.4) is 0 Å². The Balaban J connectivity index is 1.55. The number of aromatic nitrogens is 2. The van der Waals surface area contributed by atoms with E-state index in [1.54, 1.807) is 6.33 Å². The molecule has 0 radical (unpaired) electrons. The number of hydrogen-bond donors (Lipinski definition) is 1. The van der Waals surface area contributed by atoms with Gasteiger partial charge in [-0.05, 0) is 37.3 Å². The van der Waals surface area contributed by atoms with E-state index in [0.29, 0.717) is 18.8 Å². The Bertz CT molecular complexity index is 856. The zero-order chi connectivity index (χ0) is 19.5. The Morgan fingerprint density at radius 1 is 1.18 bits per heavy atom. The number of nitrogens with two attached hydrogens (primary N) is 1. The van der Waals surface area contributed by atoms with Crippen LogP contribution in [0.15, 0.2) is 30.6 Å². The van der Waals surface area contributed by atoms with Gasteiger partial charge in [0, 0.05) is 26.2 Å². The summed E-state index contributed by atoms with van der Waals surface area (Å²) in [6.45, 7) is 5.34. The van der Waals surface area contributed by atoms with Crippen LogP contribution in [0.4, 0.5) is 17.3 Å². The fraction of sp³-hybridized carbons (Fsp3) is 0.476. The Morgan fingerprint density at radius 3 is 2.71 bits per heavy atom. The molecule has 2 aromatic rings. The molecule has 2 aliphatic rings. The van der Waals surface area contributed by atoms with Crippen LogP contribution in [0.2, 0.25) is 0 Å². The van der Waals surface area contributed by atoms with E-state index in [2.05, 4.69) is 44.0 Å². The van der Waals surface area contributed by atoms with Gasteiger partial charge in [0.05, 0.1) is 12.5 Å². The van der Waals surface area contributed by atoms with Gasteiger partial charge in [-0.2, -0.15) is 0 Å². The summed E-state index contributed by atoms with van der Waals surface area (Å²) in [5.41, 5.74) is 9.81. The lowest BCUT2D eigenvalue weighted by Gasteiger charge is -2.35. The monoisotopic (exact) mass is 381 g/mol. The molecule has 0 saturated carbocycles. The predicted molar refractivity (Wildman–Crippen MR) is 109 cm³/mol. The maximum absolute atomic E-state index is 12.2. The van der Waals surface area contributed by atoms with Gasteiger partial charge in [-0.1, -0.05) is 24.3 Å². The summed E-state index contributed by atoms with van der Waals surface area (Å²) < 4.78 is 5.21. The molecular weight excluding hydrogens is 354 g/mol. The Morgan fingerprint density at radius 2 is 1.93 bits per heavy atom. The van der Waals surface area contributed by atoms with Gasteiger partial charge in [0.15, 0.2) is 11.6 Å². The second-order valence-corrected chi connectivity index (χ2v) is 7.41. The number of nitrogens with zero attached hydrogens (tertiary/aromatic N) is 4. The number of rotatable bonds is 4. The van der Waals surface area contributed by atoms with E-state index >= 15 is 0 Å². The van der Waals surface area contributed by atoms with E-state index in [1.807, 2.05) is 6.92 Å². The highest BCUT2D eigenvalue weighted by Gasteiger charge is 2.30. The molecule has 0 spiro atoms. The number of ether oxygens (including phenoxy) is 1. The molecule has 7 nitrogen and oxygen atoms in total. The average molecular weight is 381 g/mol. The second-order valence-electron chi connectivity index (χ2n) is 7.41. The van der Waals surface area contributed by atoms with Crippen molar-refractivity contribution in [2.75, 3.05) is 41.8 Å². The minimum absolute atomic E-state index is 0.131. The van der Waals surface area contributed by atoms with Crippen LogP contribution < -0.4 is 15.5 Å². The third-order valence-corrected chi connectivity index (χ3v) is 5.61. The van der Waals surface area contributed by atoms with Crippen LogP contribution in [-0.2, 0) is 22.5 Å². The van der Waals surface area contributed by atoms with Crippen molar-refractivity contribution in [1.29, 1.82) is 0 Å². The first-order valence-electron chi connectivity index (χ1n) is 10.0. The van der Waals surface area contributed by atoms with Gasteiger partial charge in [0.25, 0.3) is 0 Å². The molecule has 1 atom stereocenters. The minimum Gasteiger partial charge on any atom is -0.466 e.